The van der Waals surface area contributed by atoms with Gasteiger partial charge in [0.05, 0.1) is 4.90 Å². The monoisotopic (exact) mass is 277 g/mol. The van der Waals surface area contributed by atoms with Crippen molar-refractivity contribution in [1.82, 2.24) is 4.31 Å². The van der Waals surface area contributed by atoms with Crippen molar-refractivity contribution in [2.75, 3.05) is 13.1 Å². The third-order valence-corrected chi connectivity index (χ3v) is 5.22. The van der Waals surface area contributed by atoms with Crippen LogP contribution in [0.3, 0.4) is 0 Å². The molecule has 0 spiro atoms. The zero-order valence-electron chi connectivity index (χ0n) is 9.36. The lowest BCUT2D eigenvalue weighted by molar-refractivity contribution is 0.476. The Hall–Kier alpha value is -0.650. The van der Waals surface area contributed by atoms with Gasteiger partial charge in [0, 0.05) is 18.5 Å². The molecule has 0 amide bonds. The summed E-state index contributed by atoms with van der Waals surface area (Å²) < 4.78 is 39.0. The van der Waals surface area contributed by atoms with Crippen LogP contribution in [0.25, 0.3) is 0 Å². The van der Waals surface area contributed by atoms with Crippen molar-refractivity contribution in [3.05, 3.63) is 29.6 Å². The number of hydrogen-bond donors (Lipinski definition) is 0. The fourth-order valence-corrected chi connectivity index (χ4v) is 3.98. The highest BCUT2D eigenvalue weighted by Crippen LogP contribution is 2.25. The van der Waals surface area contributed by atoms with Crippen LogP contribution in [0.5, 0.6) is 0 Å². The van der Waals surface area contributed by atoms with Crippen molar-refractivity contribution in [1.29, 1.82) is 0 Å². The van der Waals surface area contributed by atoms with E-state index in [9.17, 15) is 12.8 Å². The SMILES string of the molecule is Cc1ccc(F)cc1S(=O)(=O)N1CCC(Cl)C1. The maximum Gasteiger partial charge on any atom is 0.243 e. The lowest BCUT2D eigenvalue weighted by Gasteiger charge is -2.17. The van der Waals surface area contributed by atoms with E-state index in [1.807, 2.05) is 0 Å². The van der Waals surface area contributed by atoms with E-state index in [4.69, 9.17) is 11.6 Å². The molecule has 17 heavy (non-hydrogen) atoms. The van der Waals surface area contributed by atoms with Gasteiger partial charge in [-0.15, -0.1) is 11.6 Å². The second-order valence-electron chi connectivity index (χ2n) is 4.16. The van der Waals surface area contributed by atoms with E-state index in [2.05, 4.69) is 0 Å². The number of rotatable bonds is 2. The van der Waals surface area contributed by atoms with Crippen molar-refractivity contribution in [3.63, 3.8) is 0 Å². The smallest absolute Gasteiger partial charge is 0.207 e. The van der Waals surface area contributed by atoms with Crippen molar-refractivity contribution in [2.24, 2.45) is 0 Å². The molecule has 2 rings (SSSR count). The van der Waals surface area contributed by atoms with Crippen molar-refractivity contribution < 1.29 is 12.8 Å². The van der Waals surface area contributed by atoms with E-state index in [1.165, 1.54) is 16.4 Å². The van der Waals surface area contributed by atoms with Gasteiger partial charge in [-0.1, -0.05) is 6.07 Å². The Morgan fingerprint density at radius 1 is 1.47 bits per heavy atom. The van der Waals surface area contributed by atoms with E-state index in [-0.39, 0.29) is 10.3 Å². The summed E-state index contributed by atoms with van der Waals surface area (Å²) >= 11 is 5.89. The third kappa shape index (κ3) is 2.46. The fraction of sp³-hybridized carbons (Fsp3) is 0.455. The number of sulfonamides is 1. The predicted molar refractivity (Wildman–Crippen MR) is 64.2 cm³/mol. The molecular formula is C11H13ClFNO2S. The Kier molecular flexibility index (Phi) is 3.43. The number of aryl methyl sites for hydroxylation is 1. The average Bonchev–Trinajstić information content (AvgIpc) is 2.69. The molecule has 0 N–H and O–H groups in total. The molecule has 0 radical (unpaired) electrons. The van der Waals surface area contributed by atoms with Gasteiger partial charge in [-0.2, -0.15) is 4.31 Å². The van der Waals surface area contributed by atoms with Crippen LogP contribution in [0.1, 0.15) is 12.0 Å². The molecule has 1 saturated heterocycles. The third-order valence-electron chi connectivity index (χ3n) is 2.86. The average molecular weight is 278 g/mol. The Labute approximate surface area is 105 Å². The standard InChI is InChI=1S/C11H13ClFNO2S/c1-8-2-3-10(13)6-11(8)17(15,16)14-5-4-9(12)7-14/h2-3,6,9H,4-5,7H2,1H3. The molecule has 0 bridgehead atoms. The van der Waals surface area contributed by atoms with Crippen LogP contribution in [0.15, 0.2) is 23.1 Å². The van der Waals surface area contributed by atoms with Crippen LogP contribution in [0.2, 0.25) is 0 Å². The molecule has 94 valence electrons. The van der Waals surface area contributed by atoms with Gasteiger partial charge in [0.1, 0.15) is 5.82 Å². The van der Waals surface area contributed by atoms with Gasteiger partial charge in [-0.05, 0) is 31.0 Å². The Morgan fingerprint density at radius 2 is 2.18 bits per heavy atom. The van der Waals surface area contributed by atoms with Crippen molar-refractivity contribution >= 4 is 21.6 Å². The molecule has 0 aromatic heterocycles. The zero-order chi connectivity index (χ0) is 12.6. The second-order valence-corrected chi connectivity index (χ2v) is 6.68. The van der Waals surface area contributed by atoms with Gasteiger partial charge in [0.15, 0.2) is 0 Å². The number of benzene rings is 1. The minimum atomic E-state index is -3.62. The molecule has 6 heteroatoms. The summed E-state index contributed by atoms with van der Waals surface area (Å²) in [5.74, 6) is -0.546. The normalized spacial score (nSPS) is 21.9. The van der Waals surface area contributed by atoms with Gasteiger partial charge in [-0.3, -0.25) is 0 Å². The zero-order valence-corrected chi connectivity index (χ0v) is 10.9. The largest absolute Gasteiger partial charge is 0.243 e. The first-order chi connectivity index (χ1) is 7.91. The quantitative estimate of drug-likeness (QED) is 0.777. The minimum Gasteiger partial charge on any atom is -0.207 e. The molecule has 1 fully saturated rings. The molecule has 1 aromatic carbocycles. The van der Waals surface area contributed by atoms with E-state index < -0.39 is 15.8 Å². The first kappa shape index (κ1) is 12.8. The van der Waals surface area contributed by atoms with Crippen LogP contribution in [-0.2, 0) is 10.0 Å². The second kappa shape index (κ2) is 4.55. The summed E-state index contributed by atoms with van der Waals surface area (Å²) in [4.78, 5) is 0.0308. The lowest BCUT2D eigenvalue weighted by Crippen LogP contribution is -2.29. The molecule has 1 heterocycles. The summed E-state index contributed by atoms with van der Waals surface area (Å²) in [7, 11) is -3.62. The highest BCUT2D eigenvalue weighted by Gasteiger charge is 2.32. The van der Waals surface area contributed by atoms with E-state index in [0.29, 0.717) is 25.1 Å². The highest BCUT2D eigenvalue weighted by atomic mass is 35.5. The molecule has 1 atom stereocenters. The lowest BCUT2D eigenvalue weighted by atomic mass is 10.2. The maximum absolute atomic E-state index is 13.1. The summed E-state index contributed by atoms with van der Waals surface area (Å²) in [6, 6.07) is 3.78. The Morgan fingerprint density at radius 3 is 2.76 bits per heavy atom. The number of alkyl halides is 1. The molecule has 1 aliphatic rings. The molecule has 3 nitrogen and oxygen atoms in total. The Balaban J connectivity index is 2.41. The first-order valence-electron chi connectivity index (χ1n) is 5.31. The van der Waals surface area contributed by atoms with Gasteiger partial charge >= 0.3 is 0 Å². The van der Waals surface area contributed by atoms with Crippen molar-refractivity contribution in [2.45, 2.75) is 23.6 Å². The summed E-state index contributed by atoms with van der Waals surface area (Å²) in [5, 5.41) is -0.154. The number of halogens is 2. The topological polar surface area (TPSA) is 37.4 Å². The minimum absolute atomic E-state index is 0.0308. The van der Waals surface area contributed by atoms with Gasteiger partial charge in [0.2, 0.25) is 10.0 Å². The van der Waals surface area contributed by atoms with Crippen LogP contribution in [-0.4, -0.2) is 31.2 Å². The molecule has 1 aliphatic heterocycles. The molecule has 0 saturated carbocycles. The summed E-state index contributed by atoms with van der Waals surface area (Å²) in [5.41, 5.74) is 0.546. The maximum atomic E-state index is 13.1. The van der Waals surface area contributed by atoms with E-state index in [1.54, 1.807) is 6.92 Å². The predicted octanol–water partition coefficient (Wildman–Crippen LogP) is 2.14. The van der Waals surface area contributed by atoms with Gasteiger partial charge in [0.25, 0.3) is 0 Å². The van der Waals surface area contributed by atoms with Crippen LogP contribution < -0.4 is 0 Å². The fourth-order valence-electron chi connectivity index (χ4n) is 1.90. The molecule has 1 unspecified atom stereocenters. The number of nitrogens with zero attached hydrogens (tertiary/aromatic N) is 1. The number of hydrogen-bond acceptors (Lipinski definition) is 2. The molecule has 1 aromatic rings. The van der Waals surface area contributed by atoms with E-state index in [0.717, 1.165) is 6.07 Å². The van der Waals surface area contributed by atoms with Gasteiger partial charge in [-0.25, -0.2) is 12.8 Å². The summed E-state index contributed by atoms with van der Waals surface area (Å²) in [6.07, 6.45) is 0.634. The van der Waals surface area contributed by atoms with Gasteiger partial charge < -0.3 is 0 Å². The Bertz CT molecular complexity index is 532. The highest BCUT2D eigenvalue weighted by molar-refractivity contribution is 7.89. The van der Waals surface area contributed by atoms with Crippen LogP contribution >= 0.6 is 11.6 Å². The first-order valence-corrected chi connectivity index (χ1v) is 7.19. The van der Waals surface area contributed by atoms with Crippen molar-refractivity contribution in [3.8, 4) is 0 Å². The summed E-state index contributed by atoms with van der Waals surface area (Å²) in [6.45, 7) is 2.34. The molecule has 0 aliphatic carbocycles. The van der Waals surface area contributed by atoms with Crippen LogP contribution in [0.4, 0.5) is 4.39 Å². The van der Waals surface area contributed by atoms with Crippen LogP contribution in [0, 0.1) is 12.7 Å². The molecular weight excluding hydrogens is 265 g/mol. The van der Waals surface area contributed by atoms with E-state index >= 15 is 0 Å².